The van der Waals surface area contributed by atoms with Gasteiger partial charge in [-0.15, -0.1) is 0 Å². The number of benzene rings is 2. The summed E-state index contributed by atoms with van der Waals surface area (Å²) in [6, 6.07) is 7.21. The molecule has 1 N–H and O–H groups in total. The van der Waals surface area contributed by atoms with E-state index >= 15 is 0 Å². The molecule has 0 aliphatic heterocycles. The van der Waals surface area contributed by atoms with Crippen molar-refractivity contribution in [2.75, 3.05) is 0 Å². The number of rotatable bonds is 5. The van der Waals surface area contributed by atoms with Crippen LogP contribution in [0.2, 0.25) is 5.02 Å². The van der Waals surface area contributed by atoms with Crippen LogP contribution in [0.15, 0.2) is 40.9 Å². The number of ether oxygens (including phenoxy) is 2. The fourth-order valence-corrected chi connectivity index (χ4v) is 2.38. The minimum atomic E-state index is -4.51. The molecule has 0 unspecified atom stereocenters. The maximum Gasteiger partial charge on any atom is 0.416 e. The lowest BCUT2D eigenvalue weighted by molar-refractivity contribution is -0.152. The van der Waals surface area contributed by atoms with Crippen molar-refractivity contribution in [2.45, 2.75) is 25.6 Å². The zero-order chi connectivity index (χ0) is 19.7. The van der Waals surface area contributed by atoms with E-state index in [9.17, 15) is 18.0 Å². The lowest BCUT2D eigenvalue weighted by Crippen LogP contribution is -2.37. The molecular weight excluding hydrogens is 441 g/mol. The summed E-state index contributed by atoms with van der Waals surface area (Å²) in [4.78, 5) is 11.2. The Morgan fingerprint density at radius 2 is 1.77 bits per heavy atom. The number of aliphatic carboxylic acids is 1. The van der Waals surface area contributed by atoms with Gasteiger partial charge in [0.25, 0.3) is 0 Å². The molecule has 0 bridgehead atoms. The highest BCUT2D eigenvalue weighted by atomic mass is 79.9. The van der Waals surface area contributed by atoms with Gasteiger partial charge in [-0.05, 0) is 60.1 Å². The highest BCUT2D eigenvalue weighted by Crippen LogP contribution is 2.38. The first kappa shape index (κ1) is 20.4. The summed E-state index contributed by atoms with van der Waals surface area (Å²) in [5.41, 5.74) is -2.38. The second kappa shape index (κ2) is 7.36. The molecule has 9 heteroatoms. The second-order valence-electron chi connectivity index (χ2n) is 5.75. The molecule has 0 atom stereocenters. The van der Waals surface area contributed by atoms with E-state index < -0.39 is 23.3 Å². The fourth-order valence-electron chi connectivity index (χ4n) is 1.83. The molecule has 0 amide bonds. The standard InChI is InChI=1S/C17H13BrClF3O4/c1-16(2,15(23)24)26-14-8-10(4-5-11(14)18)25-13-6-3-9(7-12(13)19)17(20,21)22/h3-8H,1-2H3,(H,23,24). The number of carboxylic acids is 1. The lowest BCUT2D eigenvalue weighted by Gasteiger charge is -2.22. The average Bonchev–Trinajstić information content (AvgIpc) is 2.51. The average molecular weight is 454 g/mol. The number of alkyl halides is 3. The summed E-state index contributed by atoms with van der Waals surface area (Å²) >= 11 is 9.10. The fraction of sp³-hybridized carbons (Fsp3) is 0.235. The van der Waals surface area contributed by atoms with E-state index in [-0.39, 0.29) is 22.3 Å². The summed E-state index contributed by atoms with van der Waals surface area (Å²) in [5, 5.41) is 8.93. The Balaban J connectivity index is 2.28. The summed E-state index contributed by atoms with van der Waals surface area (Å²) in [5.74, 6) is -0.740. The molecular formula is C17H13BrClF3O4. The molecule has 0 saturated heterocycles. The van der Waals surface area contributed by atoms with Crippen LogP contribution in [0, 0.1) is 0 Å². The Hall–Kier alpha value is -1.93. The first-order valence-corrected chi connectivity index (χ1v) is 8.34. The Kier molecular flexibility index (Phi) is 5.77. The monoisotopic (exact) mass is 452 g/mol. The normalized spacial score (nSPS) is 12.0. The number of hydrogen-bond acceptors (Lipinski definition) is 3. The maximum atomic E-state index is 12.7. The van der Waals surface area contributed by atoms with E-state index in [0.29, 0.717) is 4.47 Å². The van der Waals surface area contributed by atoms with Gasteiger partial charge in [0.2, 0.25) is 0 Å². The minimum absolute atomic E-state index is 0.0189. The quantitative estimate of drug-likeness (QED) is 0.589. The Bertz CT molecular complexity index is 837. The predicted octanol–water partition coefficient (Wildman–Crippen LogP) is 6.16. The van der Waals surface area contributed by atoms with Crippen LogP contribution < -0.4 is 9.47 Å². The van der Waals surface area contributed by atoms with Crippen molar-refractivity contribution < 1.29 is 32.5 Å². The molecule has 2 aromatic rings. The summed E-state index contributed by atoms with van der Waals surface area (Å²) in [6.45, 7) is 2.75. The van der Waals surface area contributed by atoms with Crippen LogP contribution in [0.5, 0.6) is 17.2 Å². The molecule has 0 fully saturated rings. The SMILES string of the molecule is CC(C)(Oc1cc(Oc2ccc(C(F)(F)F)cc2Cl)ccc1Br)C(=O)O. The van der Waals surface area contributed by atoms with Gasteiger partial charge in [-0.25, -0.2) is 4.79 Å². The topological polar surface area (TPSA) is 55.8 Å². The highest BCUT2D eigenvalue weighted by molar-refractivity contribution is 9.10. The van der Waals surface area contributed by atoms with Crippen molar-refractivity contribution in [3.05, 3.63) is 51.5 Å². The lowest BCUT2D eigenvalue weighted by atomic mass is 10.1. The highest BCUT2D eigenvalue weighted by Gasteiger charge is 2.31. The van der Waals surface area contributed by atoms with Crippen LogP contribution in [0.1, 0.15) is 19.4 Å². The van der Waals surface area contributed by atoms with E-state index in [2.05, 4.69) is 15.9 Å². The second-order valence-corrected chi connectivity index (χ2v) is 7.02. The van der Waals surface area contributed by atoms with Crippen LogP contribution in [0.4, 0.5) is 13.2 Å². The molecule has 0 saturated carbocycles. The molecule has 0 aromatic heterocycles. The van der Waals surface area contributed by atoms with Gasteiger partial charge >= 0.3 is 12.1 Å². The smallest absolute Gasteiger partial charge is 0.416 e. The van der Waals surface area contributed by atoms with Gasteiger partial charge in [-0.3, -0.25) is 0 Å². The number of carbonyl (C=O) groups is 1. The van der Waals surface area contributed by atoms with E-state index in [1.807, 2.05) is 0 Å². The van der Waals surface area contributed by atoms with E-state index in [1.54, 1.807) is 6.07 Å². The zero-order valence-corrected chi connectivity index (χ0v) is 15.9. The van der Waals surface area contributed by atoms with Crippen molar-refractivity contribution >= 4 is 33.5 Å². The molecule has 0 aliphatic rings. The molecule has 26 heavy (non-hydrogen) atoms. The molecule has 0 spiro atoms. The molecule has 0 heterocycles. The van der Waals surface area contributed by atoms with Crippen LogP contribution in [-0.4, -0.2) is 16.7 Å². The number of hydrogen-bond donors (Lipinski definition) is 1. The van der Waals surface area contributed by atoms with E-state index in [4.69, 9.17) is 26.2 Å². The van der Waals surface area contributed by atoms with Crippen LogP contribution >= 0.6 is 27.5 Å². The van der Waals surface area contributed by atoms with Gasteiger partial charge < -0.3 is 14.6 Å². The first-order chi connectivity index (χ1) is 11.9. The Morgan fingerprint density at radius 1 is 1.12 bits per heavy atom. The van der Waals surface area contributed by atoms with E-state index in [0.717, 1.165) is 18.2 Å². The summed E-state index contributed by atoms with van der Waals surface area (Å²) < 4.78 is 49.5. The maximum absolute atomic E-state index is 12.7. The summed E-state index contributed by atoms with van der Waals surface area (Å²) in [7, 11) is 0. The van der Waals surface area contributed by atoms with Crippen LogP contribution in [0.3, 0.4) is 0 Å². The molecule has 2 aromatic carbocycles. The molecule has 0 aliphatic carbocycles. The van der Waals surface area contributed by atoms with Gasteiger partial charge in [-0.1, -0.05) is 11.6 Å². The van der Waals surface area contributed by atoms with Crippen molar-refractivity contribution in [1.29, 1.82) is 0 Å². The van der Waals surface area contributed by atoms with Crippen molar-refractivity contribution in [1.82, 2.24) is 0 Å². The molecule has 4 nitrogen and oxygen atoms in total. The van der Waals surface area contributed by atoms with Gasteiger partial charge in [0.05, 0.1) is 15.1 Å². The zero-order valence-electron chi connectivity index (χ0n) is 13.5. The van der Waals surface area contributed by atoms with Gasteiger partial charge in [0, 0.05) is 6.07 Å². The van der Waals surface area contributed by atoms with Crippen LogP contribution in [-0.2, 0) is 11.0 Å². The minimum Gasteiger partial charge on any atom is -0.478 e. The van der Waals surface area contributed by atoms with Crippen molar-refractivity contribution in [2.24, 2.45) is 0 Å². The Labute approximate surface area is 160 Å². The first-order valence-electron chi connectivity index (χ1n) is 7.17. The molecule has 0 radical (unpaired) electrons. The van der Waals surface area contributed by atoms with Crippen molar-refractivity contribution in [3.63, 3.8) is 0 Å². The van der Waals surface area contributed by atoms with Crippen LogP contribution in [0.25, 0.3) is 0 Å². The Morgan fingerprint density at radius 3 is 2.31 bits per heavy atom. The largest absolute Gasteiger partial charge is 0.478 e. The third-order valence-corrected chi connectivity index (χ3v) is 4.22. The number of halogens is 5. The van der Waals surface area contributed by atoms with Crippen molar-refractivity contribution in [3.8, 4) is 17.2 Å². The molecule has 140 valence electrons. The van der Waals surface area contributed by atoms with E-state index in [1.165, 1.54) is 26.0 Å². The summed E-state index contributed by atoms with van der Waals surface area (Å²) in [6.07, 6.45) is -4.51. The van der Waals surface area contributed by atoms with Gasteiger partial charge in [-0.2, -0.15) is 13.2 Å². The third-order valence-electron chi connectivity index (χ3n) is 3.27. The third kappa shape index (κ3) is 4.82. The number of carboxylic acid groups (broad SMARTS) is 1. The predicted molar refractivity (Wildman–Crippen MR) is 93.0 cm³/mol. The van der Waals surface area contributed by atoms with Gasteiger partial charge in [0.15, 0.2) is 5.60 Å². The van der Waals surface area contributed by atoms with Gasteiger partial charge in [0.1, 0.15) is 17.2 Å². The molecule has 2 rings (SSSR count).